The van der Waals surface area contributed by atoms with Crippen molar-refractivity contribution in [3.8, 4) is 6.07 Å². The predicted molar refractivity (Wildman–Crippen MR) is 109 cm³/mol. The molecular weight excluding hydrogens is 371 g/mol. The van der Waals surface area contributed by atoms with Crippen LogP contribution in [0.4, 0.5) is 14.9 Å². The van der Waals surface area contributed by atoms with Gasteiger partial charge in [-0.05, 0) is 43.2 Å². The monoisotopic (exact) mass is 396 g/mol. The number of amides is 2. The maximum atomic E-state index is 13.2. The molecule has 2 unspecified atom stereocenters. The number of nitrogens with zero attached hydrogens (tertiary/aromatic N) is 2. The number of carbonyl (C=O) groups excluding carboxylic acids is 1. The minimum absolute atomic E-state index is 0.0799. The lowest BCUT2D eigenvalue weighted by atomic mass is 10.1. The number of ether oxygens (including phenoxy) is 1. The summed E-state index contributed by atoms with van der Waals surface area (Å²) in [5.41, 5.74) is 2.53. The molecular formula is C22H25FN4O2. The first-order valence-electron chi connectivity index (χ1n) is 9.63. The van der Waals surface area contributed by atoms with Crippen molar-refractivity contribution < 1.29 is 13.9 Å². The van der Waals surface area contributed by atoms with Gasteiger partial charge in [-0.25, -0.2) is 9.18 Å². The number of halogens is 1. The molecule has 6 nitrogen and oxygen atoms in total. The molecule has 1 fully saturated rings. The van der Waals surface area contributed by atoms with E-state index in [-0.39, 0.29) is 23.5 Å². The molecule has 0 spiro atoms. The molecule has 1 saturated heterocycles. The van der Waals surface area contributed by atoms with Gasteiger partial charge in [-0.2, -0.15) is 5.26 Å². The highest BCUT2D eigenvalue weighted by Gasteiger charge is 2.21. The van der Waals surface area contributed by atoms with Gasteiger partial charge in [0.2, 0.25) is 0 Å². The van der Waals surface area contributed by atoms with Gasteiger partial charge in [0.25, 0.3) is 0 Å². The lowest BCUT2D eigenvalue weighted by Gasteiger charge is -2.35. The van der Waals surface area contributed by atoms with Crippen LogP contribution in [0.1, 0.15) is 30.5 Å². The van der Waals surface area contributed by atoms with Crippen LogP contribution in [0.2, 0.25) is 0 Å². The molecule has 0 aliphatic carbocycles. The highest BCUT2D eigenvalue weighted by atomic mass is 19.1. The van der Waals surface area contributed by atoms with Gasteiger partial charge < -0.3 is 15.4 Å². The number of carbonyl (C=O) groups is 1. The SMILES string of the molecule is CC1CN(Cc2ccc(CNC(=O)Nc3ccc(F)cc3C#N)cc2)CC(C)O1. The minimum atomic E-state index is -0.520. The first-order chi connectivity index (χ1) is 13.9. The normalized spacial score (nSPS) is 19.4. The molecule has 3 rings (SSSR count). The van der Waals surface area contributed by atoms with Crippen molar-refractivity contribution in [3.63, 3.8) is 0 Å². The number of urea groups is 1. The van der Waals surface area contributed by atoms with E-state index in [1.165, 1.54) is 17.7 Å². The maximum absolute atomic E-state index is 13.2. The Morgan fingerprint density at radius 1 is 1.17 bits per heavy atom. The summed E-state index contributed by atoms with van der Waals surface area (Å²) in [5, 5.41) is 14.4. The van der Waals surface area contributed by atoms with Crippen LogP contribution in [0.15, 0.2) is 42.5 Å². The number of anilines is 1. The fourth-order valence-corrected chi connectivity index (χ4v) is 3.50. The summed E-state index contributed by atoms with van der Waals surface area (Å²) in [4.78, 5) is 14.5. The van der Waals surface area contributed by atoms with Crippen LogP contribution in [0.5, 0.6) is 0 Å². The van der Waals surface area contributed by atoms with E-state index in [2.05, 4.69) is 41.5 Å². The molecule has 1 heterocycles. The van der Waals surface area contributed by atoms with Gasteiger partial charge in [0.05, 0.1) is 23.5 Å². The van der Waals surface area contributed by atoms with Crippen molar-refractivity contribution in [2.75, 3.05) is 18.4 Å². The van der Waals surface area contributed by atoms with Gasteiger partial charge in [0.15, 0.2) is 0 Å². The van der Waals surface area contributed by atoms with Crippen LogP contribution < -0.4 is 10.6 Å². The third-order valence-electron chi connectivity index (χ3n) is 4.73. The van der Waals surface area contributed by atoms with Gasteiger partial charge in [0, 0.05) is 26.2 Å². The molecule has 1 aliphatic rings. The Kier molecular flexibility index (Phi) is 6.81. The van der Waals surface area contributed by atoms with Crippen molar-refractivity contribution in [3.05, 3.63) is 65.0 Å². The predicted octanol–water partition coefficient (Wildman–Crippen LogP) is 3.63. The number of nitrogens with one attached hydrogen (secondary N) is 2. The fourth-order valence-electron chi connectivity index (χ4n) is 3.50. The second-order valence-electron chi connectivity index (χ2n) is 7.38. The molecule has 0 aromatic heterocycles. The third kappa shape index (κ3) is 6.01. The molecule has 2 aromatic carbocycles. The first kappa shape index (κ1) is 20.8. The zero-order valence-corrected chi connectivity index (χ0v) is 16.6. The minimum Gasteiger partial charge on any atom is -0.373 e. The summed E-state index contributed by atoms with van der Waals surface area (Å²) in [6, 6.07) is 13.2. The molecule has 29 heavy (non-hydrogen) atoms. The summed E-state index contributed by atoms with van der Waals surface area (Å²) >= 11 is 0. The van der Waals surface area contributed by atoms with Crippen molar-refractivity contribution in [2.24, 2.45) is 0 Å². The van der Waals surface area contributed by atoms with Crippen molar-refractivity contribution in [1.29, 1.82) is 5.26 Å². The second kappa shape index (κ2) is 9.50. The van der Waals surface area contributed by atoms with Crippen LogP contribution >= 0.6 is 0 Å². The Labute approximate surface area is 170 Å². The fraction of sp³-hybridized carbons (Fsp3) is 0.364. The Hall–Kier alpha value is -2.95. The average Bonchev–Trinajstić information content (AvgIpc) is 2.68. The maximum Gasteiger partial charge on any atom is 0.319 e. The standard InChI is InChI=1S/C22H25FN4O2/c1-15-12-27(13-16(2)29-15)14-18-5-3-17(4-6-18)11-25-22(28)26-21-8-7-20(23)9-19(21)10-24/h3-9,15-16H,11-14H2,1-2H3,(H2,25,26,28). The number of rotatable bonds is 5. The van der Waals surface area contributed by atoms with E-state index in [4.69, 9.17) is 10.00 Å². The van der Waals surface area contributed by atoms with E-state index in [9.17, 15) is 9.18 Å². The molecule has 0 radical (unpaired) electrons. The van der Waals surface area contributed by atoms with Gasteiger partial charge in [-0.3, -0.25) is 4.90 Å². The Balaban J connectivity index is 1.50. The molecule has 7 heteroatoms. The van der Waals surface area contributed by atoms with Crippen LogP contribution in [0.3, 0.4) is 0 Å². The van der Waals surface area contributed by atoms with Gasteiger partial charge in [-0.1, -0.05) is 24.3 Å². The smallest absolute Gasteiger partial charge is 0.319 e. The zero-order valence-electron chi connectivity index (χ0n) is 16.6. The van der Waals surface area contributed by atoms with E-state index in [0.29, 0.717) is 6.54 Å². The first-order valence-corrected chi connectivity index (χ1v) is 9.63. The van der Waals surface area contributed by atoms with Crippen LogP contribution in [-0.2, 0) is 17.8 Å². The van der Waals surface area contributed by atoms with Crippen molar-refractivity contribution in [2.45, 2.75) is 39.1 Å². The molecule has 152 valence electrons. The number of hydrogen-bond donors (Lipinski definition) is 2. The van der Waals surface area contributed by atoms with E-state index < -0.39 is 11.8 Å². The second-order valence-corrected chi connectivity index (χ2v) is 7.38. The quantitative estimate of drug-likeness (QED) is 0.809. The summed E-state index contributed by atoms with van der Waals surface area (Å²) in [6.07, 6.45) is 0.479. The summed E-state index contributed by atoms with van der Waals surface area (Å²) in [7, 11) is 0. The molecule has 2 aromatic rings. The third-order valence-corrected chi connectivity index (χ3v) is 4.73. The van der Waals surface area contributed by atoms with E-state index in [0.717, 1.165) is 31.3 Å². The van der Waals surface area contributed by atoms with Crippen LogP contribution in [-0.4, -0.2) is 36.2 Å². The number of nitriles is 1. The van der Waals surface area contributed by atoms with E-state index >= 15 is 0 Å². The number of hydrogen-bond acceptors (Lipinski definition) is 4. The van der Waals surface area contributed by atoms with Crippen LogP contribution in [0, 0.1) is 17.1 Å². The topological polar surface area (TPSA) is 77.4 Å². The molecule has 2 amide bonds. The lowest BCUT2D eigenvalue weighted by Crippen LogP contribution is -2.44. The highest BCUT2D eigenvalue weighted by molar-refractivity contribution is 5.90. The zero-order chi connectivity index (χ0) is 20.8. The Bertz CT molecular complexity index is 885. The van der Waals surface area contributed by atoms with Gasteiger partial charge in [-0.15, -0.1) is 0 Å². The van der Waals surface area contributed by atoms with Gasteiger partial charge in [0.1, 0.15) is 11.9 Å². The Morgan fingerprint density at radius 3 is 2.48 bits per heavy atom. The summed E-state index contributed by atoms with van der Waals surface area (Å²) in [6.45, 7) is 7.24. The average molecular weight is 396 g/mol. The van der Waals surface area contributed by atoms with Crippen molar-refractivity contribution >= 4 is 11.7 Å². The van der Waals surface area contributed by atoms with Crippen molar-refractivity contribution in [1.82, 2.24) is 10.2 Å². The van der Waals surface area contributed by atoms with Gasteiger partial charge >= 0.3 is 6.03 Å². The van der Waals surface area contributed by atoms with Crippen LogP contribution in [0.25, 0.3) is 0 Å². The number of benzene rings is 2. The van der Waals surface area contributed by atoms with E-state index in [1.54, 1.807) is 0 Å². The molecule has 0 saturated carbocycles. The van der Waals surface area contributed by atoms with E-state index in [1.807, 2.05) is 18.2 Å². The molecule has 1 aliphatic heterocycles. The molecule has 2 N–H and O–H groups in total. The molecule has 2 atom stereocenters. The number of morpholine rings is 1. The molecule has 0 bridgehead atoms. The summed E-state index contributed by atoms with van der Waals surface area (Å²) in [5.74, 6) is -0.520. The highest BCUT2D eigenvalue weighted by Crippen LogP contribution is 2.16. The summed E-state index contributed by atoms with van der Waals surface area (Å²) < 4.78 is 18.9. The lowest BCUT2D eigenvalue weighted by molar-refractivity contribution is -0.0704. The Morgan fingerprint density at radius 2 is 1.83 bits per heavy atom. The largest absolute Gasteiger partial charge is 0.373 e.